The Hall–Kier alpha value is -0.650. The number of esters is 1. The summed E-state index contributed by atoms with van der Waals surface area (Å²) in [7, 11) is 2.19. The van der Waals surface area contributed by atoms with Gasteiger partial charge in [0.05, 0.1) is 0 Å². The molecule has 160 valence electrons. The molecule has 0 unspecified atom stereocenters. The van der Waals surface area contributed by atoms with Gasteiger partial charge in [0.25, 0.3) is 0 Å². The summed E-state index contributed by atoms with van der Waals surface area (Å²) in [6.45, 7) is 7.78. The Morgan fingerprint density at radius 1 is 1.17 bits per heavy atom. The van der Waals surface area contributed by atoms with Crippen molar-refractivity contribution in [3.63, 3.8) is 0 Å². The molecule has 5 atom stereocenters. The van der Waals surface area contributed by atoms with E-state index in [4.69, 9.17) is 4.74 Å². The fraction of sp³-hybridized carbons (Fsp3) is 0.708. The van der Waals surface area contributed by atoms with E-state index in [1.54, 1.807) is 0 Å². The van der Waals surface area contributed by atoms with Gasteiger partial charge in [0.2, 0.25) is 0 Å². The number of likely N-dealkylation sites (tertiary alicyclic amines) is 1. The van der Waals surface area contributed by atoms with E-state index in [1.807, 2.05) is 23.5 Å². The van der Waals surface area contributed by atoms with E-state index in [0.717, 1.165) is 24.5 Å². The van der Waals surface area contributed by atoms with Crippen LogP contribution in [0.5, 0.6) is 0 Å². The molecule has 1 saturated carbocycles. The maximum Gasteiger partial charge on any atom is 0.313 e. The van der Waals surface area contributed by atoms with E-state index in [1.165, 1.54) is 18.4 Å². The number of rotatable bonds is 4. The molecule has 0 amide bonds. The van der Waals surface area contributed by atoms with Crippen LogP contribution >= 0.6 is 23.5 Å². The number of thioether (sulfide) groups is 2. The quantitative estimate of drug-likeness (QED) is 0.588. The summed E-state index contributed by atoms with van der Waals surface area (Å²) >= 11 is 3.91. The third kappa shape index (κ3) is 4.12. The summed E-state index contributed by atoms with van der Waals surface area (Å²) in [6.07, 6.45) is 3.52. The van der Waals surface area contributed by atoms with Crippen LogP contribution in [0.1, 0.15) is 51.5 Å². The molecule has 1 aliphatic carbocycles. The van der Waals surface area contributed by atoms with Crippen molar-refractivity contribution in [2.75, 3.05) is 25.1 Å². The van der Waals surface area contributed by atoms with Crippen molar-refractivity contribution >= 4 is 29.5 Å². The number of hydrogen-bond donors (Lipinski definition) is 0. The first-order valence-electron chi connectivity index (χ1n) is 11.2. The summed E-state index contributed by atoms with van der Waals surface area (Å²) in [5.74, 6) is 4.02. The van der Waals surface area contributed by atoms with Crippen LogP contribution in [-0.2, 0) is 9.53 Å². The second-order valence-electron chi connectivity index (χ2n) is 9.50. The van der Waals surface area contributed by atoms with Gasteiger partial charge in [-0.1, -0.05) is 57.5 Å². The molecule has 29 heavy (non-hydrogen) atoms. The van der Waals surface area contributed by atoms with Gasteiger partial charge in [0.1, 0.15) is 16.2 Å². The molecule has 2 heterocycles. The van der Waals surface area contributed by atoms with Gasteiger partial charge in [0, 0.05) is 24.0 Å². The van der Waals surface area contributed by atoms with Gasteiger partial charge in [-0.15, -0.1) is 23.5 Å². The largest absolute Gasteiger partial charge is 0.462 e. The zero-order valence-electron chi connectivity index (χ0n) is 18.2. The lowest BCUT2D eigenvalue weighted by Crippen LogP contribution is -2.44. The van der Waals surface area contributed by atoms with E-state index in [-0.39, 0.29) is 28.1 Å². The van der Waals surface area contributed by atoms with Gasteiger partial charge in [-0.2, -0.15) is 0 Å². The van der Waals surface area contributed by atoms with Crippen LogP contribution in [0.15, 0.2) is 30.3 Å². The van der Waals surface area contributed by atoms with Crippen molar-refractivity contribution in [2.24, 2.45) is 23.7 Å². The second kappa shape index (κ2) is 8.84. The first kappa shape index (κ1) is 21.6. The summed E-state index contributed by atoms with van der Waals surface area (Å²) in [5, 5.41) is 0. The molecule has 0 aromatic heterocycles. The molecule has 1 aromatic rings. The lowest BCUT2D eigenvalue weighted by atomic mass is 9.75. The molecule has 0 radical (unpaired) electrons. The first-order valence-corrected chi connectivity index (χ1v) is 13.1. The number of carbonyl (C=O) groups excluding carboxylic acids is 1. The second-order valence-corrected chi connectivity index (χ2v) is 12.4. The van der Waals surface area contributed by atoms with E-state index >= 15 is 0 Å². The van der Waals surface area contributed by atoms with Gasteiger partial charge in [-0.05, 0) is 43.2 Å². The van der Waals surface area contributed by atoms with Crippen molar-refractivity contribution < 1.29 is 9.53 Å². The predicted octanol–water partition coefficient (Wildman–Crippen LogP) is 5.47. The topological polar surface area (TPSA) is 29.5 Å². The third-order valence-corrected chi connectivity index (χ3v) is 11.0. The minimum absolute atomic E-state index is 0.0369. The average Bonchev–Trinajstić information content (AvgIpc) is 3.29. The monoisotopic (exact) mass is 433 g/mol. The predicted molar refractivity (Wildman–Crippen MR) is 124 cm³/mol. The third-order valence-electron chi connectivity index (χ3n) is 7.21. The Kier molecular flexibility index (Phi) is 6.58. The van der Waals surface area contributed by atoms with Gasteiger partial charge >= 0.3 is 5.97 Å². The molecule has 0 bridgehead atoms. The molecule has 0 N–H and O–H groups in total. The first-order chi connectivity index (χ1) is 13.9. The highest BCUT2D eigenvalue weighted by atomic mass is 32.2. The normalized spacial score (nSPS) is 34.7. The van der Waals surface area contributed by atoms with Crippen LogP contribution in [0, 0.1) is 23.7 Å². The van der Waals surface area contributed by atoms with Crippen LogP contribution in [0.2, 0.25) is 0 Å². The van der Waals surface area contributed by atoms with Crippen molar-refractivity contribution in [3.8, 4) is 0 Å². The molecule has 5 heteroatoms. The summed E-state index contributed by atoms with van der Waals surface area (Å²) < 4.78 is 6.24. The molecule has 3 fully saturated rings. The Bertz CT molecular complexity index is 704. The van der Waals surface area contributed by atoms with Crippen LogP contribution in [0.25, 0.3) is 0 Å². The summed E-state index contributed by atoms with van der Waals surface area (Å²) in [4.78, 5) is 16.2. The van der Waals surface area contributed by atoms with E-state index in [2.05, 4.69) is 63.1 Å². The SMILES string of the molecule is CC(C)[C@H]1CC[C@H](C)C[C@@H]1OC(=O)[C@H]1[C@@H](c2ccccc2)CN(C)C12SCCS2. The molecular weight excluding hydrogens is 398 g/mol. The fourth-order valence-corrected chi connectivity index (χ4v) is 9.18. The van der Waals surface area contributed by atoms with E-state index in [0.29, 0.717) is 17.8 Å². The van der Waals surface area contributed by atoms with Gasteiger partial charge in [-0.25, -0.2) is 0 Å². The molecule has 1 aromatic carbocycles. The minimum Gasteiger partial charge on any atom is -0.462 e. The standard InChI is InChI=1S/C24H35NO2S2/c1-16(2)19-11-10-17(3)14-21(19)27-23(26)22-20(18-8-6-5-7-9-18)15-25(4)24(22)28-12-13-29-24/h5-9,16-17,19-22H,10-15H2,1-4H3/t17-,19+,20+,21-,22+/m0/s1. The van der Waals surface area contributed by atoms with Crippen molar-refractivity contribution in [1.29, 1.82) is 0 Å². The maximum absolute atomic E-state index is 13.8. The Morgan fingerprint density at radius 3 is 2.52 bits per heavy atom. The van der Waals surface area contributed by atoms with Crippen molar-refractivity contribution in [2.45, 2.75) is 56.3 Å². The van der Waals surface area contributed by atoms with Gasteiger partial charge in [-0.3, -0.25) is 9.69 Å². The average molecular weight is 434 g/mol. The van der Waals surface area contributed by atoms with Crippen molar-refractivity contribution in [3.05, 3.63) is 35.9 Å². The molecule has 2 saturated heterocycles. The fourth-order valence-electron chi connectivity index (χ4n) is 5.62. The number of benzene rings is 1. The molecule has 3 aliphatic rings. The van der Waals surface area contributed by atoms with Crippen LogP contribution < -0.4 is 0 Å². The molecular formula is C24H35NO2S2. The number of ether oxygens (including phenoxy) is 1. The minimum atomic E-state index is -0.175. The van der Waals surface area contributed by atoms with Crippen molar-refractivity contribution in [1.82, 2.24) is 4.90 Å². The Morgan fingerprint density at radius 2 is 1.86 bits per heavy atom. The van der Waals surface area contributed by atoms with E-state index in [9.17, 15) is 4.79 Å². The highest BCUT2D eigenvalue weighted by Gasteiger charge is 2.59. The number of nitrogens with zero attached hydrogens (tertiary/aromatic N) is 1. The van der Waals surface area contributed by atoms with Crippen LogP contribution in [0.3, 0.4) is 0 Å². The molecule has 3 nitrogen and oxygen atoms in total. The number of carbonyl (C=O) groups is 1. The summed E-state index contributed by atoms with van der Waals surface area (Å²) in [5.41, 5.74) is 1.27. The molecule has 1 spiro atoms. The molecule has 2 aliphatic heterocycles. The Balaban J connectivity index is 1.62. The highest BCUT2D eigenvalue weighted by molar-refractivity contribution is 8.21. The van der Waals surface area contributed by atoms with E-state index < -0.39 is 0 Å². The molecule has 4 rings (SSSR count). The highest BCUT2D eigenvalue weighted by Crippen LogP contribution is 2.59. The number of likely N-dealkylation sites (N-methyl/N-ethyl adjacent to an activating group) is 1. The number of hydrogen-bond acceptors (Lipinski definition) is 5. The zero-order valence-corrected chi connectivity index (χ0v) is 19.8. The lowest BCUT2D eigenvalue weighted by molar-refractivity contribution is -0.161. The Labute approximate surface area is 184 Å². The zero-order chi connectivity index (χ0) is 20.6. The maximum atomic E-state index is 13.8. The van der Waals surface area contributed by atoms with Gasteiger partial charge < -0.3 is 4.74 Å². The lowest BCUT2D eigenvalue weighted by Gasteiger charge is -2.39. The smallest absolute Gasteiger partial charge is 0.313 e. The van der Waals surface area contributed by atoms with Crippen LogP contribution in [0.4, 0.5) is 0 Å². The van der Waals surface area contributed by atoms with Crippen LogP contribution in [-0.4, -0.2) is 46.3 Å². The summed E-state index contributed by atoms with van der Waals surface area (Å²) in [6, 6.07) is 10.6. The van der Waals surface area contributed by atoms with Gasteiger partial charge in [0.15, 0.2) is 0 Å².